The number of amides is 1. The molecule has 0 saturated carbocycles. The van der Waals surface area contributed by atoms with Gasteiger partial charge in [-0.1, -0.05) is 13.3 Å². The van der Waals surface area contributed by atoms with Gasteiger partial charge in [-0.3, -0.25) is 4.79 Å². The van der Waals surface area contributed by atoms with E-state index in [1.807, 2.05) is 0 Å². The number of carbonyl (C=O) groups excluding carboxylic acids is 1. The predicted molar refractivity (Wildman–Crippen MR) is 77.2 cm³/mol. The molecule has 0 aliphatic rings. The smallest absolute Gasteiger partial charge is 0.260 e. The Morgan fingerprint density at radius 3 is 2.90 bits per heavy atom. The van der Waals surface area contributed by atoms with Crippen molar-refractivity contribution >= 4 is 5.91 Å². The lowest BCUT2D eigenvalue weighted by Gasteiger charge is -2.17. The Morgan fingerprint density at radius 1 is 1.50 bits per heavy atom. The molecule has 1 rings (SSSR count). The van der Waals surface area contributed by atoms with E-state index in [-0.39, 0.29) is 11.7 Å². The molecule has 0 aromatic heterocycles. The summed E-state index contributed by atoms with van der Waals surface area (Å²) in [5.74, 6) is 0.0114. The molecule has 5 heteroatoms. The third-order valence-electron chi connectivity index (χ3n) is 2.94. The van der Waals surface area contributed by atoms with Gasteiger partial charge in [0.15, 0.2) is 6.10 Å². The number of unbranched alkanes of at least 4 members (excludes halogenated alkanes) is 1. The van der Waals surface area contributed by atoms with Gasteiger partial charge in [-0.05, 0) is 50.1 Å². The summed E-state index contributed by atoms with van der Waals surface area (Å²) in [7, 11) is 0. The fourth-order valence-electron chi connectivity index (χ4n) is 1.79. The standard InChI is InChI=1S/C15H23FN2O2/c1-3-4-9-18-15(19)11(2)20-14-6-5-13(16)10-12(14)7-8-17/h5-6,10-11H,3-4,7-9,17H2,1-2H3,(H,18,19). The summed E-state index contributed by atoms with van der Waals surface area (Å²) < 4.78 is 18.8. The Kier molecular flexibility index (Phi) is 7.01. The van der Waals surface area contributed by atoms with E-state index in [0.29, 0.717) is 30.8 Å². The van der Waals surface area contributed by atoms with Gasteiger partial charge in [0.05, 0.1) is 0 Å². The molecule has 1 atom stereocenters. The summed E-state index contributed by atoms with van der Waals surface area (Å²) in [6, 6.07) is 4.25. The Balaban J connectivity index is 2.64. The van der Waals surface area contributed by atoms with E-state index < -0.39 is 6.10 Å². The Labute approximate surface area is 119 Å². The average molecular weight is 282 g/mol. The van der Waals surface area contributed by atoms with E-state index >= 15 is 0 Å². The van der Waals surface area contributed by atoms with Crippen LogP contribution in [-0.2, 0) is 11.2 Å². The van der Waals surface area contributed by atoms with E-state index in [9.17, 15) is 9.18 Å². The van der Waals surface area contributed by atoms with Crippen molar-refractivity contribution in [2.75, 3.05) is 13.1 Å². The number of nitrogens with two attached hydrogens (primary N) is 1. The Bertz CT molecular complexity index is 438. The third kappa shape index (κ3) is 5.17. The highest BCUT2D eigenvalue weighted by Crippen LogP contribution is 2.21. The number of hydrogen-bond acceptors (Lipinski definition) is 3. The minimum absolute atomic E-state index is 0.165. The molecular weight excluding hydrogens is 259 g/mol. The first-order chi connectivity index (χ1) is 9.58. The lowest BCUT2D eigenvalue weighted by Crippen LogP contribution is -2.37. The molecular formula is C15H23FN2O2. The molecule has 0 spiro atoms. The van der Waals surface area contributed by atoms with Gasteiger partial charge in [0.2, 0.25) is 0 Å². The van der Waals surface area contributed by atoms with E-state index in [0.717, 1.165) is 12.8 Å². The minimum atomic E-state index is -0.617. The molecule has 112 valence electrons. The van der Waals surface area contributed by atoms with Gasteiger partial charge < -0.3 is 15.8 Å². The van der Waals surface area contributed by atoms with Gasteiger partial charge >= 0.3 is 0 Å². The van der Waals surface area contributed by atoms with Crippen molar-refractivity contribution in [3.8, 4) is 5.75 Å². The molecule has 0 aliphatic heterocycles. The summed E-state index contributed by atoms with van der Waals surface area (Å²) in [5.41, 5.74) is 6.18. The number of hydrogen-bond donors (Lipinski definition) is 2. The number of nitrogens with one attached hydrogen (secondary N) is 1. The lowest BCUT2D eigenvalue weighted by atomic mass is 10.1. The molecule has 0 radical (unpaired) electrons. The summed E-state index contributed by atoms with van der Waals surface area (Å²) >= 11 is 0. The van der Waals surface area contributed by atoms with Crippen LogP contribution in [0.3, 0.4) is 0 Å². The van der Waals surface area contributed by atoms with Gasteiger partial charge in [-0.15, -0.1) is 0 Å². The summed E-state index contributed by atoms with van der Waals surface area (Å²) in [4.78, 5) is 11.8. The minimum Gasteiger partial charge on any atom is -0.481 e. The predicted octanol–water partition coefficient (Wildman–Crippen LogP) is 2.01. The normalized spacial score (nSPS) is 12.0. The molecule has 0 fully saturated rings. The number of ether oxygens (including phenoxy) is 1. The van der Waals surface area contributed by atoms with Gasteiger partial charge in [-0.25, -0.2) is 4.39 Å². The van der Waals surface area contributed by atoms with Crippen LogP contribution >= 0.6 is 0 Å². The topological polar surface area (TPSA) is 64.3 Å². The van der Waals surface area contributed by atoms with Crippen molar-refractivity contribution in [2.45, 2.75) is 39.2 Å². The lowest BCUT2D eigenvalue weighted by molar-refractivity contribution is -0.127. The van der Waals surface area contributed by atoms with Crippen molar-refractivity contribution < 1.29 is 13.9 Å². The molecule has 3 N–H and O–H groups in total. The number of carbonyl (C=O) groups is 1. The van der Waals surface area contributed by atoms with Crippen LogP contribution in [-0.4, -0.2) is 25.1 Å². The first-order valence-electron chi connectivity index (χ1n) is 7.01. The maximum absolute atomic E-state index is 13.2. The molecule has 0 bridgehead atoms. The van der Waals surface area contributed by atoms with Crippen LogP contribution in [0.25, 0.3) is 0 Å². The molecule has 0 heterocycles. The molecule has 1 aromatic carbocycles. The van der Waals surface area contributed by atoms with Crippen molar-refractivity contribution in [1.82, 2.24) is 5.32 Å². The second-order valence-electron chi connectivity index (χ2n) is 4.70. The van der Waals surface area contributed by atoms with Crippen LogP contribution < -0.4 is 15.8 Å². The third-order valence-corrected chi connectivity index (χ3v) is 2.94. The summed E-state index contributed by atoms with van der Waals surface area (Å²) in [6.45, 7) is 4.78. The SMILES string of the molecule is CCCCNC(=O)C(C)Oc1ccc(F)cc1CCN. The zero-order valence-electron chi connectivity index (χ0n) is 12.1. The van der Waals surface area contributed by atoms with Crippen LogP contribution in [0.15, 0.2) is 18.2 Å². The highest BCUT2D eigenvalue weighted by molar-refractivity contribution is 5.80. The van der Waals surface area contributed by atoms with E-state index in [1.54, 1.807) is 6.92 Å². The summed E-state index contributed by atoms with van der Waals surface area (Å²) in [5, 5.41) is 2.80. The van der Waals surface area contributed by atoms with Crippen molar-refractivity contribution in [3.63, 3.8) is 0 Å². The largest absolute Gasteiger partial charge is 0.481 e. The molecule has 0 saturated heterocycles. The fraction of sp³-hybridized carbons (Fsp3) is 0.533. The number of benzene rings is 1. The van der Waals surface area contributed by atoms with Crippen molar-refractivity contribution in [1.29, 1.82) is 0 Å². The first kappa shape index (κ1) is 16.4. The monoisotopic (exact) mass is 282 g/mol. The average Bonchev–Trinajstić information content (AvgIpc) is 2.42. The number of halogens is 1. The van der Waals surface area contributed by atoms with Crippen LogP contribution in [0.5, 0.6) is 5.75 Å². The molecule has 1 aromatic rings. The molecule has 1 unspecified atom stereocenters. The fourth-order valence-corrected chi connectivity index (χ4v) is 1.79. The molecule has 0 aliphatic carbocycles. The second-order valence-corrected chi connectivity index (χ2v) is 4.70. The molecule has 1 amide bonds. The quantitative estimate of drug-likeness (QED) is 0.717. The Hall–Kier alpha value is -1.62. The van der Waals surface area contributed by atoms with E-state index in [2.05, 4.69) is 12.2 Å². The number of rotatable bonds is 8. The first-order valence-corrected chi connectivity index (χ1v) is 7.01. The van der Waals surface area contributed by atoms with Crippen molar-refractivity contribution in [3.05, 3.63) is 29.6 Å². The highest BCUT2D eigenvalue weighted by atomic mass is 19.1. The van der Waals surface area contributed by atoms with E-state index in [1.165, 1.54) is 18.2 Å². The van der Waals surface area contributed by atoms with Crippen LogP contribution in [0.2, 0.25) is 0 Å². The zero-order chi connectivity index (χ0) is 15.0. The second kappa shape index (κ2) is 8.53. The highest BCUT2D eigenvalue weighted by Gasteiger charge is 2.16. The van der Waals surface area contributed by atoms with Crippen LogP contribution in [0, 0.1) is 5.82 Å². The van der Waals surface area contributed by atoms with Gasteiger partial charge in [0.1, 0.15) is 11.6 Å². The maximum atomic E-state index is 13.2. The van der Waals surface area contributed by atoms with Crippen LogP contribution in [0.4, 0.5) is 4.39 Å². The maximum Gasteiger partial charge on any atom is 0.260 e. The van der Waals surface area contributed by atoms with Gasteiger partial charge in [-0.2, -0.15) is 0 Å². The van der Waals surface area contributed by atoms with Gasteiger partial charge in [0.25, 0.3) is 5.91 Å². The molecule has 20 heavy (non-hydrogen) atoms. The zero-order valence-corrected chi connectivity index (χ0v) is 12.1. The van der Waals surface area contributed by atoms with E-state index in [4.69, 9.17) is 10.5 Å². The molecule has 4 nitrogen and oxygen atoms in total. The van der Waals surface area contributed by atoms with Crippen LogP contribution in [0.1, 0.15) is 32.3 Å². The van der Waals surface area contributed by atoms with Crippen molar-refractivity contribution in [2.24, 2.45) is 5.73 Å². The van der Waals surface area contributed by atoms with Gasteiger partial charge in [0, 0.05) is 6.54 Å². The Morgan fingerprint density at radius 2 is 2.25 bits per heavy atom. The summed E-state index contributed by atoms with van der Waals surface area (Å²) in [6.07, 6.45) is 1.85.